The van der Waals surface area contributed by atoms with E-state index in [1.165, 1.54) is 44.1 Å². The molecule has 0 unspecified atom stereocenters. The quantitative estimate of drug-likeness (QED) is 0.163. The first-order valence-corrected chi connectivity index (χ1v) is 27.4. The van der Waals surface area contributed by atoms with E-state index >= 15 is 0 Å². The Kier molecular flexibility index (Phi) is 10.1. The number of pyridine rings is 4. The van der Waals surface area contributed by atoms with E-state index in [-0.39, 0.29) is 0 Å². The summed E-state index contributed by atoms with van der Waals surface area (Å²) in [6.07, 6.45) is 8.49. The molecular weight excluding hydrogens is 1030 g/mol. The molecule has 13 aromatic rings. The first kappa shape index (κ1) is 45.4. The van der Waals surface area contributed by atoms with E-state index in [1.54, 1.807) is 0 Å². The highest BCUT2D eigenvalue weighted by Crippen LogP contribution is 2.63. The second-order valence-electron chi connectivity index (χ2n) is 20.5. The Morgan fingerprint density at radius 2 is 0.722 bits per heavy atom. The molecule has 18 rings (SSSR count). The van der Waals surface area contributed by atoms with Crippen LogP contribution in [-0.4, -0.2) is 24.5 Å². The summed E-state index contributed by atoms with van der Waals surface area (Å²) >= 11 is 3.65. The van der Waals surface area contributed by atoms with Gasteiger partial charge in [-0.15, -0.1) is 0 Å². The first-order valence-electron chi connectivity index (χ1n) is 26.6. The van der Waals surface area contributed by atoms with Gasteiger partial charge in [-0.25, -0.2) is 0 Å². The van der Waals surface area contributed by atoms with Crippen LogP contribution in [0.1, 0.15) is 55.6 Å². The van der Waals surface area contributed by atoms with Gasteiger partial charge in [0, 0.05) is 68.0 Å². The topological polar surface area (TPSA) is 75.0 Å². The molecule has 7 nitrogen and oxygen atoms in total. The largest absolute Gasteiger partial charge is 0.457 e. The van der Waals surface area contributed by atoms with E-state index in [2.05, 4.69) is 196 Å². The average Bonchev–Trinajstić information content (AvgIpc) is 3.17. The summed E-state index contributed by atoms with van der Waals surface area (Å²) in [4.78, 5) is 19.1. The Labute approximate surface area is 464 Å². The van der Waals surface area contributed by atoms with Gasteiger partial charge < -0.3 is 14.0 Å². The number of nitrogens with zero attached hydrogens (tertiary/aromatic N) is 5. The Hall–Kier alpha value is -9.76. The molecule has 3 aliphatic carbocycles. The number of rotatable bonds is 1. The lowest BCUT2D eigenvalue weighted by Crippen LogP contribution is -2.32. The minimum absolute atomic E-state index is 0.485. The van der Waals surface area contributed by atoms with Gasteiger partial charge in [0.05, 0.1) is 44.6 Å². The van der Waals surface area contributed by atoms with Gasteiger partial charge in [-0.1, -0.05) is 162 Å². The normalized spacial score (nSPS) is 14.0. The van der Waals surface area contributed by atoms with E-state index in [0.29, 0.717) is 0 Å². The van der Waals surface area contributed by atoms with Gasteiger partial charge in [-0.3, -0.25) is 19.9 Å². The minimum Gasteiger partial charge on any atom is -0.457 e. The molecule has 2 spiro atoms. The summed E-state index contributed by atoms with van der Waals surface area (Å²) in [7, 11) is 0. The van der Waals surface area contributed by atoms with Crippen LogP contribution in [0.2, 0.25) is 0 Å². The molecule has 79 heavy (non-hydrogen) atoms. The maximum atomic E-state index is 6.59. The van der Waals surface area contributed by atoms with E-state index in [4.69, 9.17) is 29.4 Å². The van der Waals surface area contributed by atoms with E-state index < -0.39 is 10.8 Å². The van der Waals surface area contributed by atoms with E-state index in [1.807, 2.05) is 79.4 Å². The van der Waals surface area contributed by atoms with Gasteiger partial charge in [0.15, 0.2) is 0 Å². The zero-order chi connectivity index (χ0) is 52.2. The monoisotopic (exact) mass is 1080 g/mol. The van der Waals surface area contributed by atoms with Crippen molar-refractivity contribution < 1.29 is 9.47 Å². The summed E-state index contributed by atoms with van der Waals surface area (Å²) in [6.45, 7) is 0. The van der Waals surface area contributed by atoms with Gasteiger partial charge in [0.1, 0.15) is 23.0 Å². The Balaban J connectivity index is 0.000000112. The molecule has 0 saturated carbocycles. The number of hydrogen-bond acceptors (Lipinski definition) is 6. The lowest BCUT2D eigenvalue weighted by atomic mass is 9.66. The fourth-order valence-electron chi connectivity index (χ4n) is 13.5. The van der Waals surface area contributed by atoms with Crippen molar-refractivity contribution in [2.75, 3.05) is 0 Å². The number of aromatic nitrogens is 5. The number of ether oxygens (including phenoxy) is 2. The fraction of sp³-hybridized carbons (Fsp3) is 0.0423. The summed E-state index contributed by atoms with van der Waals surface area (Å²) < 4.78 is 16.3. The minimum atomic E-state index is -0.591. The van der Waals surface area contributed by atoms with Crippen molar-refractivity contribution in [2.24, 2.45) is 0 Å². The van der Waals surface area contributed by atoms with E-state index in [0.717, 1.165) is 107 Å². The van der Waals surface area contributed by atoms with Crippen LogP contribution < -0.4 is 9.47 Å². The third kappa shape index (κ3) is 6.52. The van der Waals surface area contributed by atoms with Crippen molar-refractivity contribution >= 4 is 37.7 Å². The molecule has 8 aromatic carbocycles. The molecule has 372 valence electrons. The molecule has 0 amide bonds. The predicted octanol–water partition coefficient (Wildman–Crippen LogP) is 17.0. The molecule has 7 heterocycles. The number of hydrogen-bond donors (Lipinski definition) is 0. The second-order valence-corrected chi connectivity index (χ2v) is 21.4. The molecule has 5 aromatic heterocycles. The smallest absolute Gasteiger partial charge is 0.132 e. The third-order valence-corrected chi connectivity index (χ3v) is 17.1. The molecule has 0 radical (unpaired) electrons. The Morgan fingerprint density at radius 3 is 1.22 bits per heavy atom. The average molecular weight is 1080 g/mol. The van der Waals surface area contributed by atoms with Crippen LogP contribution in [0.25, 0.3) is 61.4 Å². The van der Waals surface area contributed by atoms with Crippen LogP contribution in [0.3, 0.4) is 0 Å². The van der Waals surface area contributed by atoms with Gasteiger partial charge in [0.2, 0.25) is 0 Å². The second kappa shape index (κ2) is 17.6. The standard InChI is InChI=1S/C35H21N3O.C23H13BrN2O.C13H10/c1-4-14-29-23(9-1)24-10-2-5-15-30(24)38(29)22-17-18-32-28(21-22)35(25-11-3-6-16-31(25)39-32)26-12-7-19-36-33(26)34-27(35)13-8-20-37-34;24-14-9-10-20-18(13-14)23(15-5-1-2-8-19(15)27-20)16-6-3-11-25-21(16)22-17(23)7-4-12-26-22;1-3-7-12-10(5-1)9-11-6-2-4-8-13(11)12/h1-21H;1-13H;1-8H,9H2. The van der Waals surface area contributed by atoms with Crippen molar-refractivity contribution in [2.45, 2.75) is 17.3 Å². The lowest BCUT2D eigenvalue weighted by Gasteiger charge is -2.39. The zero-order valence-electron chi connectivity index (χ0n) is 42.4. The third-order valence-electron chi connectivity index (χ3n) is 16.6. The highest BCUT2D eigenvalue weighted by atomic mass is 79.9. The zero-order valence-corrected chi connectivity index (χ0v) is 44.0. The van der Waals surface area contributed by atoms with Crippen LogP contribution in [0, 0.1) is 0 Å². The van der Waals surface area contributed by atoms with Gasteiger partial charge in [-0.05, 0) is 136 Å². The SMILES string of the molecule is Brc1ccc2c(c1)C1(c3ccccc3O2)c2cccnc2-c2ncccc21.c1ccc2c(c1)Cc1ccccc1-2.c1ccc2c(c1)Oc1ccc(-n3c4ccccc4c4ccccc43)cc1C21c2cccnc2-c2ncccc21. The van der Waals surface area contributed by atoms with Gasteiger partial charge in [0.25, 0.3) is 0 Å². The summed E-state index contributed by atoms with van der Waals surface area (Å²) in [5, 5.41) is 2.49. The van der Waals surface area contributed by atoms with Crippen LogP contribution in [0.5, 0.6) is 23.0 Å². The lowest BCUT2D eigenvalue weighted by molar-refractivity contribution is 0.436. The molecule has 0 fully saturated rings. The van der Waals surface area contributed by atoms with Crippen molar-refractivity contribution in [3.63, 3.8) is 0 Å². The molecule has 0 bridgehead atoms. The molecule has 2 aliphatic heterocycles. The van der Waals surface area contributed by atoms with Gasteiger partial charge >= 0.3 is 0 Å². The Morgan fingerprint density at radius 1 is 0.342 bits per heavy atom. The van der Waals surface area contributed by atoms with Crippen LogP contribution >= 0.6 is 15.9 Å². The van der Waals surface area contributed by atoms with E-state index in [9.17, 15) is 0 Å². The number of benzene rings is 8. The van der Waals surface area contributed by atoms with Crippen molar-refractivity contribution in [1.29, 1.82) is 0 Å². The molecule has 0 saturated heterocycles. The Bertz CT molecular complexity index is 4470. The van der Waals surface area contributed by atoms with Gasteiger partial charge in [-0.2, -0.15) is 0 Å². The van der Waals surface area contributed by atoms with Crippen LogP contribution in [0.15, 0.2) is 260 Å². The highest BCUT2D eigenvalue weighted by Gasteiger charge is 2.54. The fourth-order valence-corrected chi connectivity index (χ4v) is 13.9. The molecule has 0 atom stereocenters. The number of halogens is 1. The van der Waals surface area contributed by atoms with Crippen LogP contribution in [0.4, 0.5) is 0 Å². The molecule has 5 aliphatic rings. The molecular formula is C71H44BrN5O2. The van der Waals surface area contributed by atoms with Crippen molar-refractivity contribution in [3.05, 3.63) is 315 Å². The first-order chi connectivity index (χ1) is 39.1. The number of fused-ring (bicyclic) bond motifs is 24. The highest BCUT2D eigenvalue weighted by molar-refractivity contribution is 9.10. The number of para-hydroxylation sites is 4. The maximum Gasteiger partial charge on any atom is 0.132 e. The van der Waals surface area contributed by atoms with Crippen LogP contribution in [-0.2, 0) is 17.3 Å². The maximum absolute atomic E-state index is 6.59. The molecule has 8 heteroatoms. The summed E-state index contributed by atoms with van der Waals surface area (Å²) in [6, 6.07) is 80.8. The predicted molar refractivity (Wildman–Crippen MR) is 316 cm³/mol. The summed E-state index contributed by atoms with van der Waals surface area (Å²) in [5.41, 5.74) is 20.9. The van der Waals surface area contributed by atoms with Crippen molar-refractivity contribution in [1.82, 2.24) is 24.5 Å². The summed E-state index contributed by atoms with van der Waals surface area (Å²) in [5.74, 6) is 3.45. The van der Waals surface area contributed by atoms with Crippen molar-refractivity contribution in [3.8, 4) is 62.6 Å². The molecule has 0 N–H and O–H groups in total.